The van der Waals surface area contributed by atoms with Gasteiger partial charge in [-0.2, -0.15) is 0 Å². The van der Waals surface area contributed by atoms with E-state index in [1.54, 1.807) is 17.8 Å². The van der Waals surface area contributed by atoms with Gasteiger partial charge in [0, 0.05) is 17.6 Å². The van der Waals surface area contributed by atoms with Gasteiger partial charge in [-0.25, -0.2) is 9.78 Å². The lowest BCUT2D eigenvalue weighted by Crippen LogP contribution is -2.42. The van der Waals surface area contributed by atoms with Gasteiger partial charge in [-0.1, -0.05) is 6.92 Å². The zero-order valence-electron chi connectivity index (χ0n) is 17.6. The van der Waals surface area contributed by atoms with Gasteiger partial charge >= 0.3 is 6.09 Å². The lowest BCUT2D eigenvalue weighted by atomic mass is 9.76. The Labute approximate surface area is 189 Å². The van der Waals surface area contributed by atoms with Crippen molar-refractivity contribution in [2.75, 3.05) is 5.32 Å². The highest BCUT2D eigenvalue weighted by atomic mass is 79.9. The summed E-state index contributed by atoms with van der Waals surface area (Å²) in [5, 5.41) is 7.67. The number of pyridine rings is 1. The summed E-state index contributed by atoms with van der Waals surface area (Å²) in [7, 11) is 0. The van der Waals surface area contributed by atoms with Gasteiger partial charge < -0.3 is 15.4 Å². The van der Waals surface area contributed by atoms with Crippen LogP contribution in [0.25, 0.3) is 0 Å². The van der Waals surface area contributed by atoms with Crippen LogP contribution in [0.15, 0.2) is 27.8 Å². The molecule has 1 saturated carbocycles. The molecule has 9 heteroatoms. The van der Waals surface area contributed by atoms with E-state index in [2.05, 4.69) is 43.5 Å². The fourth-order valence-electron chi connectivity index (χ4n) is 3.86. The molecule has 3 unspecified atom stereocenters. The zero-order chi connectivity index (χ0) is 21.9. The van der Waals surface area contributed by atoms with Crippen molar-refractivity contribution in [3.63, 3.8) is 0 Å². The Bertz CT molecular complexity index is 912. The van der Waals surface area contributed by atoms with Gasteiger partial charge in [0.05, 0.1) is 11.9 Å². The Morgan fingerprint density at radius 3 is 2.70 bits per heavy atom. The normalized spacial score (nSPS) is 21.7. The number of hydrogen-bond acceptors (Lipinski definition) is 6. The van der Waals surface area contributed by atoms with Crippen molar-refractivity contribution in [3.05, 3.63) is 39.0 Å². The minimum absolute atomic E-state index is 0.0137. The van der Waals surface area contributed by atoms with Crippen molar-refractivity contribution in [3.8, 4) is 0 Å². The van der Waals surface area contributed by atoms with Crippen LogP contribution < -0.4 is 10.6 Å². The lowest BCUT2D eigenvalue weighted by Gasteiger charge is -2.35. The first-order chi connectivity index (χ1) is 14.1. The quantitative estimate of drug-likeness (QED) is 0.597. The fourth-order valence-corrected chi connectivity index (χ4v) is 4.85. The average Bonchev–Trinajstić information content (AvgIpc) is 3.06. The topological polar surface area (TPSA) is 93.2 Å². The molecule has 0 radical (unpaired) electrons. The second kappa shape index (κ2) is 9.43. The third-order valence-corrected chi connectivity index (χ3v) is 6.28. The Morgan fingerprint density at radius 2 is 2.03 bits per heavy atom. The average molecular weight is 495 g/mol. The van der Waals surface area contributed by atoms with Gasteiger partial charge in [0.25, 0.3) is 5.91 Å². The summed E-state index contributed by atoms with van der Waals surface area (Å²) in [6.07, 6.45) is 5.66. The first-order valence-corrected chi connectivity index (χ1v) is 11.6. The molecule has 0 spiro atoms. The van der Waals surface area contributed by atoms with E-state index in [-0.39, 0.29) is 17.9 Å². The van der Waals surface area contributed by atoms with E-state index in [1.807, 2.05) is 26.8 Å². The molecule has 162 valence electrons. The molecule has 3 rings (SSSR count). The van der Waals surface area contributed by atoms with Crippen LogP contribution in [-0.4, -0.2) is 33.6 Å². The van der Waals surface area contributed by atoms with Crippen molar-refractivity contribution in [2.45, 2.75) is 64.5 Å². The molecule has 0 saturated heterocycles. The molecule has 0 aliphatic heterocycles. The summed E-state index contributed by atoms with van der Waals surface area (Å²) in [6, 6.07) is 1.96. The van der Waals surface area contributed by atoms with Crippen LogP contribution >= 0.6 is 27.3 Å². The molecule has 0 aromatic carbocycles. The largest absolute Gasteiger partial charge is 0.444 e. The second-order valence-electron chi connectivity index (χ2n) is 8.76. The molecule has 1 aliphatic rings. The number of aromatic nitrogens is 2. The number of amides is 2. The van der Waals surface area contributed by atoms with Crippen LogP contribution in [0, 0.1) is 5.92 Å². The van der Waals surface area contributed by atoms with Gasteiger partial charge in [0.1, 0.15) is 11.3 Å². The Morgan fingerprint density at radius 1 is 1.27 bits per heavy atom. The van der Waals surface area contributed by atoms with E-state index >= 15 is 0 Å². The van der Waals surface area contributed by atoms with Gasteiger partial charge in [0.2, 0.25) is 0 Å². The maximum Gasteiger partial charge on any atom is 0.407 e. The molecule has 2 aromatic heterocycles. The smallest absolute Gasteiger partial charge is 0.407 e. The second-order valence-corrected chi connectivity index (χ2v) is 10.9. The third kappa shape index (κ3) is 6.25. The summed E-state index contributed by atoms with van der Waals surface area (Å²) in [6.45, 7) is 7.74. The number of thiazole rings is 1. The number of nitrogens with one attached hydrogen (secondary N) is 2. The van der Waals surface area contributed by atoms with Crippen molar-refractivity contribution >= 4 is 45.0 Å². The molecule has 1 aliphatic carbocycles. The number of hydrogen-bond donors (Lipinski definition) is 2. The first-order valence-electron chi connectivity index (χ1n) is 9.96. The zero-order valence-corrected chi connectivity index (χ0v) is 20.0. The number of rotatable bonds is 4. The molecule has 0 bridgehead atoms. The van der Waals surface area contributed by atoms with Crippen LogP contribution in [0.4, 0.5) is 10.5 Å². The first kappa shape index (κ1) is 22.7. The molecule has 2 aromatic rings. The summed E-state index contributed by atoms with van der Waals surface area (Å²) in [5.41, 5.74) is 1.54. The van der Waals surface area contributed by atoms with E-state index in [0.29, 0.717) is 21.2 Å². The highest BCUT2D eigenvalue weighted by Gasteiger charge is 2.31. The third-order valence-electron chi connectivity index (χ3n) is 4.92. The summed E-state index contributed by atoms with van der Waals surface area (Å²) < 4.78 is 6.08. The van der Waals surface area contributed by atoms with Gasteiger partial charge in [-0.15, -0.1) is 11.3 Å². The highest BCUT2D eigenvalue weighted by Crippen LogP contribution is 2.39. The highest BCUT2D eigenvalue weighted by molar-refractivity contribution is 9.11. The van der Waals surface area contributed by atoms with Crippen molar-refractivity contribution in [2.24, 2.45) is 5.92 Å². The number of anilines is 1. The number of carbonyl (C=O) groups is 2. The summed E-state index contributed by atoms with van der Waals surface area (Å²) in [4.78, 5) is 33.2. The number of ether oxygens (including phenoxy) is 1. The molecule has 2 heterocycles. The van der Waals surface area contributed by atoms with Gasteiger partial charge in [0.15, 0.2) is 3.92 Å². The predicted molar refractivity (Wildman–Crippen MR) is 121 cm³/mol. The SMILES string of the molecule is CC1CC(NC(=O)OC(C)(C)C)CC(c2ccncc2NC(=O)c2csc(Br)n2)C1. The Balaban J connectivity index is 1.73. The monoisotopic (exact) mass is 494 g/mol. The van der Waals surface area contributed by atoms with Crippen molar-refractivity contribution in [1.29, 1.82) is 0 Å². The van der Waals surface area contributed by atoms with Crippen LogP contribution in [0.2, 0.25) is 0 Å². The predicted octanol–water partition coefficient (Wildman–Crippen LogP) is 5.35. The molecule has 7 nitrogen and oxygen atoms in total. The lowest BCUT2D eigenvalue weighted by molar-refractivity contribution is 0.0482. The summed E-state index contributed by atoms with van der Waals surface area (Å²) in [5.74, 6) is 0.350. The number of alkyl carbamates (subject to hydrolysis) is 1. The van der Waals surface area contributed by atoms with Gasteiger partial charge in [-0.05, 0) is 79.4 Å². The van der Waals surface area contributed by atoms with E-state index in [9.17, 15) is 9.59 Å². The molecule has 2 N–H and O–H groups in total. The van der Waals surface area contributed by atoms with Crippen molar-refractivity contribution in [1.82, 2.24) is 15.3 Å². The summed E-state index contributed by atoms with van der Waals surface area (Å²) >= 11 is 4.65. The Hall–Kier alpha value is -2.00. The minimum Gasteiger partial charge on any atom is -0.444 e. The minimum atomic E-state index is -0.531. The van der Waals surface area contributed by atoms with E-state index in [4.69, 9.17) is 4.74 Å². The molecule has 3 atom stereocenters. The van der Waals surface area contributed by atoms with Crippen molar-refractivity contribution < 1.29 is 14.3 Å². The maximum absolute atomic E-state index is 12.6. The molecular weight excluding hydrogens is 468 g/mol. The van der Waals surface area contributed by atoms with E-state index in [1.165, 1.54) is 11.3 Å². The number of nitrogens with zero attached hydrogens (tertiary/aromatic N) is 2. The fraction of sp³-hybridized carbons (Fsp3) is 0.524. The Kier molecular flexibility index (Phi) is 7.13. The van der Waals surface area contributed by atoms with Crippen LogP contribution in [0.1, 0.15) is 68.9 Å². The van der Waals surface area contributed by atoms with Crippen LogP contribution in [0.5, 0.6) is 0 Å². The molecule has 1 fully saturated rings. The van der Waals surface area contributed by atoms with Crippen LogP contribution in [0.3, 0.4) is 0 Å². The molecule has 30 heavy (non-hydrogen) atoms. The van der Waals surface area contributed by atoms with E-state index < -0.39 is 11.7 Å². The van der Waals surface area contributed by atoms with Gasteiger partial charge in [-0.3, -0.25) is 9.78 Å². The number of halogens is 1. The number of carbonyl (C=O) groups excluding carboxylic acids is 2. The molecular formula is C21H27BrN4O3S. The molecule has 2 amide bonds. The van der Waals surface area contributed by atoms with Crippen LogP contribution in [-0.2, 0) is 4.74 Å². The maximum atomic E-state index is 12.6. The standard InChI is InChI=1S/C21H27BrN4O3S/c1-12-7-13(9-14(8-12)24-20(28)29-21(2,3)4)15-5-6-23-10-16(15)25-18(27)17-11-30-19(22)26-17/h5-6,10-14H,7-9H2,1-4H3,(H,24,28)(H,25,27). The van der Waals surface area contributed by atoms with E-state index in [0.717, 1.165) is 24.8 Å².